The van der Waals surface area contributed by atoms with Gasteiger partial charge in [0.25, 0.3) is 0 Å². The van der Waals surface area contributed by atoms with Crippen LogP contribution in [0, 0.1) is 24.0 Å². The van der Waals surface area contributed by atoms with Crippen LogP contribution >= 0.6 is 0 Å². The second kappa shape index (κ2) is 7.18. The van der Waals surface area contributed by atoms with Crippen LogP contribution in [0.15, 0.2) is 42.9 Å². The summed E-state index contributed by atoms with van der Waals surface area (Å²) in [5, 5.41) is 21.7. The van der Waals surface area contributed by atoms with E-state index in [1.165, 1.54) is 23.4 Å². The fourth-order valence-corrected chi connectivity index (χ4v) is 2.63. The molecule has 9 heteroatoms. The van der Waals surface area contributed by atoms with Crippen molar-refractivity contribution in [1.29, 1.82) is 0 Å². The van der Waals surface area contributed by atoms with Crippen LogP contribution in [0.2, 0.25) is 0 Å². The summed E-state index contributed by atoms with van der Waals surface area (Å²) in [5.74, 6) is -0.336. The highest BCUT2D eigenvalue weighted by atomic mass is 16.6. The number of nitro groups is 1. The van der Waals surface area contributed by atoms with E-state index in [-0.39, 0.29) is 23.8 Å². The monoisotopic (exact) mass is 354 g/mol. The molecule has 0 aliphatic heterocycles. The highest BCUT2D eigenvalue weighted by Gasteiger charge is 2.16. The first kappa shape index (κ1) is 17.3. The Morgan fingerprint density at radius 3 is 2.77 bits per heavy atom. The fourth-order valence-electron chi connectivity index (χ4n) is 2.63. The number of nitrogens with zero attached hydrogens (tertiary/aromatic N) is 5. The van der Waals surface area contributed by atoms with E-state index in [2.05, 4.69) is 21.6 Å². The lowest BCUT2D eigenvalue weighted by Gasteiger charge is -2.03. The normalized spacial score (nSPS) is 10.7. The van der Waals surface area contributed by atoms with Gasteiger partial charge in [-0.05, 0) is 19.4 Å². The van der Waals surface area contributed by atoms with Gasteiger partial charge in [0.1, 0.15) is 18.4 Å². The van der Waals surface area contributed by atoms with Gasteiger partial charge in [-0.1, -0.05) is 29.8 Å². The molecule has 0 atom stereocenters. The van der Waals surface area contributed by atoms with Crippen LogP contribution in [0.1, 0.15) is 16.8 Å². The minimum absolute atomic E-state index is 0.108. The number of amides is 1. The predicted molar refractivity (Wildman–Crippen MR) is 94.8 cm³/mol. The second-order valence-corrected chi connectivity index (χ2v) is 6.02. The molecule has 0 aliphatic rings. The molecule has 0 unspecified atom stereocenters. The van der Waals surface area contributed by atoms with Gasteiger partial charge in [-0.15, -0.1) is 0 Å². The molecule has 0 bridgehead atoms. The average molecular weight is 354 g/mol. The van der Waals surface area contributed by atoms with Crippen molar-refractivity contribution in [1.82, 2.24) is 19.6 Å². The maximum Gasteiger partial charge on any atom is 0.309 e. The Hall–Kier alpha value is -3.49. The summed E-state index contributed by atoms with van der Waals surface area (Å²) in [7, 11) is 0. The molecule has 1 aromatic carbocycles. The summed E-state index contributed by atoms with van der Waals surface area (Å²) >= 11 is 0. The zero-order valence-corrected chi connectivity index (χ0v) is 14.4. The van der Waals surface area contributed by atoms with Gasteiger partial charge in [-0.2, -0.15) is 10.2 Å². The van der Waals surface area contributed by atoms with E-state index in [1.807, 2.05) is 25.1 Å². The van der Waals surface area contributed by atoms with Gasteiger partial charge in [0.2, 0.25) is 5.91 Å². The van der Waals surface area contributed by atoms with E-state index in [0.29, 0.717) is 12.2 Å². The first-order valence-corrected chi connectivity index (χ1v) is 7.97. The van der Waals surface area contributed by atoms with E-state index in [9.17, 15) is 14.9 Å². The Morgan fingerprint density at radius 2 is 2.08 bits per heavy atom. The van der Waals surface area contributed by atoms with Crippen molar-refractivity contribution < 1.29 is 9.72 Å². The van der Waals surface area contributed by atoms with E-state index >= 15 is 0 Å². The lowest BCUT2D eigenvalue weighted by molar-refractivity contribution is -0.385. The van der Waals surface area contributed by atoms with Gasteiger partial charge in [0.05, 0.1) is 23.4 Å². The van der Waals surface area contributed by atoms with E-state index < -0.39 is 4.92 Å². The van der Waals surface area contributed by atoms with Crippen LogP contribution in [-0.2, 0) is 17.9 Å². The molecule has 0 fully saturated rings. The van der Waals surface area contributed by atoms with Crippen LogP contribution < -0.4 is 5.32 Å². The summed E-state index contributed by atoms with van der Waals surface area (Å²) in [6, 6.07) is 8.11. The summed E-state index contributed by atoms with van der Waals surface area (Å²) < 4.78 is 2.98. The Bertz CT molecular complexity index is 959. The third kappa shape index (κ3) is 4.12. The zero-order chi connectivity index (χ0) is 18.7. The number of nitrogens with one attached hydrogen (secondary N) is 1. The first-order chi connectivity index (χ1) is 12.4. The lowest BCUT2D eigenvalue weighted by Crippen LogP contribution is -2.18. The van der Waals surface area contributed by atoms with Crippen molar-refractivity contribution >= 4 is 17.3 Å². The van der Waals surface area contributed by atoms with Crippen LogP contribution in [0.3, 0.4) is 0 Å². The van der Waals surface area contributed by atoms with Crippen LogP contribution in [-0.4, -0.2) is 30.4 Å². The number of hydrogen-bond donors (Lipinski definition) is 1. The second-order valence-electron chi connectivity index (χ2n) is 6.02. The third-order valence-corrected chi connectivity index (χ3v) is 3.77. The summed E-state index contributed by atoms with van der Waals surface area (Å²) in [6.45, 7) is 4.04. The molecular weight excluding hydrogens is 336 g/mol. The molecule has 2 heterocycles. The predicted octanol–water partition coefficient (Wildman–Crippen LogP) is 2.29. The molecule has 0 saturated heterocycles. The molecular formula is C17H18N6O3. The van der Waals surface area contributed by atoms with Crippen molar-refractivity contribution in [2.75, 3.05) is 5.32 Å². The number of carbonyl (C=O) groups excluding carboxylic acids is 1. The highest BCUT2D eigenvalue weighted by Crippen LogP contribution is 2.15. The van der Waals surface area contributed by atoms with Crippen molar-refractivity contribution in [3.63, 3.8) is 0 Å². The minimum atomic E-state index is -0.522. The van der Waals surface area contributed by atoms with Crippen molar-refractivity contribution in [2.24, 2.45) is 0 Å². The summed E-state index contributed by atoms with van der Waals surface area (Å²) in [5.41, 5.74) is 3.01. The average Bonchev–Trinajstić information content (AvgIpc) is 3.13. The Labute approximate surface area is 149 Å². The Balaban J connectivity index is 1.61. The van der Waals surface area contributed by atoms with Crippen LogP contribution in [0.25, 0.3) is 0 Å². The van der Waals surface area contributed by atoms with Gasteiger partial charge in [0.15, 0.2) is 0 Å². The lowest BCUT2D eigenvalue weighted by atomic mass is 10.1. The molecule has 26 heavy (non-hydrogen) atoms. The molecule has 134 valence electrons. The molecule has 0 radical (unpaired) electrons. The third-order valence-electron chi connectivity index (χ3n) is 3.77. The molecule has 2 aromatic heterocycles. The highest BCUT2D eigenvalue weighted by molar-refractivity contribution is 5.90. The van der Waals surface area contributed by atoms with Crippen molar-refractivity contribution in [3.05, 3.63) is 69.8 Å². The molecule has 1 amide bonds. The van der Waals surface area contributed by atoms with Gasteiger partial charge in [0, 0.05) is 6.20 Å². The molecule has 3 rings (SSSR count). The van der Waals surface area contributed by atoms with Crippen molar-refractivity contribution in [2.45, 2.75) is 26.9 Å². The number of anilines is 1. The van der Waals surface area contributed by atoms with E-state index in [0.717, 1.165) is 5.56 Å². The zero-order valence-electron chi connectivity index (χ0n) is 14.4. The maximum absolute atomic E-state index is 12.1. The van der Waals surface area contributed by atoms with Gasteiger partial charge in [-0.3, -0.25) is 24.3 Å². The van der Waals surface area contributed by atoms with E-state index in [1.54, 1.807) is 17.1 Å². The summed E-state index contributed by atoms with van der Waals surface area (Å²) in [4.78, 5) is 22.4. The molecule has 0 aliphatic carbocycles. The molecule has 1 N–H and O–H groups in total. The van der Waals surface area contributed by atoms with Gasteiger partial charge in [-0.25, -0.2) is 0 Å². The summed E-state index contributed by atoms with van der Waals surface area (Å²) in [6.07, 6.45) is 4.54. The topological polar surface area (TPSA) is 108 Å². The quantitative estimate of drug-likeness (QED) is 0.540. The first-order valence-electron chi connectivity index (χ1n) is 7.97. The smallest absolute Gasteiger partial charge is 0.309 e. The molecule has 0 saturated carbocycles. The maximum atomic E-state index is 12.1. The van der Waals surface area contributed by atoms with E-state index in [4.69, 9.17) is 0 Å². The Morgan fingerprint density at radius 1 is 1.27 bits per heavy atom. The number of hydrogen-bond acceptors (Lipinski definition) is 5. The number of aryl methyl sites for hydroxylation is 2. The fraction of sp³-hybridized carbons (Fsp3) is 0.235. The minimum Gasteiger partial charge on any atom is -0.322 e. The molecule has 9 nitrogen and oxygen atoms in total. The largest absolute Gasteiger partial charge is 0.322 e. The molecule has 0 spiro atoms. The van der Waals surface area contributed by atoms with Gasteiger partial charge >= 0.3 is 5.69 Å². The van der Waals surface area contributed by atoms with Crippen LogP contribution in [0.5, 0.6) is 0 Å². The van der Waals surface area contributed by atoms with Crippen molar-refractivity contribution in [3.8, 4) is 0 Å². The number of aromatic nitrogens is 4. The van der Waals surface area contributed by atoms with Crippen LogP contribution in [0.4, 0.5) is 11.4 Å². The standard InChI is InChI=1S/C17H18N6O3/c1-12-4-3-5-14(6-12)8-21-9-15(7-18-21)19-17(24)11-22-10-16(23(25)26)13(2)20-22/h3-7,9-10H,8,11H2,1-2H3,(H,19,24). The molecule has 3 aromatic rings. The number of carbonyl (C=O) groups is 1. The SMILES string of the molecule is Cc1cccc(Cn2cc(NC(=O)Cn3cc([N+](=O)[O-])c(C)n3)cn2)c1. The van der Waals surface area contributed by atoms with Gasteiger partial charge < -0.3 is 5.32 Å². The number of rotatable bonds is 6. The number of benzene rings is 1. The Kier molecular flexibility index (Phi) is 4.78.